The highest BCUT2D eigenvalue weighted by atomic mass is 16.6. The van der Waals surface area contributed by atoms with Gasteiger partial charge in [0.15, 0.2) is 0 Å². The van der Waals surface area contributed by atoms with Crippen molar-refractivity contribution >= 4 is 6.09 Å². The first-order valence-electron chi connectivity index (χ1n) is 7.21. The molecule has 2 rings (SSSR count). The quantitative estimate of drug-likeness (QED) is 0.897. The maximum absolute atomic E-state index is 11.9. The second-order valence-corrected chi connectivity index (χ2v) is 5.25. The van der Waals surface area contributed by atoms with Crippen LogP contribution < -0.4 is 5.32 Å². The molecule has 3 heteroatoms. The fourth-order valence-electron chi connectivity index (χ4n) is 2.18. The molecule has 0 radical (unpaired) electrons. The average Bonchev–Trinajstić information content (AvgIpc) is 2.48. The molecule has 3 nitrogen and oxygen atoms in total. The van der Waals surface area contributed by atoms with Gasteiger partial charge in [-0.2, -0.15) is 0 Å². The number of amides is 1. The Morgan fingerprint density at radius 1 is 1.00 bits per heavy atom. The number of hydrogen-bond acceptors (Lipinski definition) is 2. The smallest absolute Gasteiger partial charge is 0.407 e. The highest BCUT2D eigenvalue weighted by Gasteiger charge is 2.16. The van der Waals surface area contributed by atoms with Crippen molar-refractivity contribution in [2.75, 3.05) is 0 Å². The maximum Gasteiger partial charge on any atom is 0.407 e. The summed E-state index contributed by atoms with van der Waals surface area (Å²) in [5, 5.41) is 2.95. The molecule has 21 heavy (non-hydrogen) atoms. The van der Waals surface area contributed by atoms with E-state index in [2.05, 4.69) is 17.4 Å². The van der Waals surface area contributed by atoms with Crippen molar-refractivity contribution in [2.45, 2.75) is 32.4 Å². The molecule has 2 aromatic rings. The van der Waals surface area contributed by atoms with Crippen molar-refractivity contribution in [2.24, 2.45) is 0 Å². The Labute approximate surface area is 126 Å². The zero-order valence-corrected chi connectivity index (χ0v) is 12.5. The standard InChI is InChI=1S/C18H21NO2/c1-14(2)21-18(20)19-17(16-11-7-4-8-12-16)13-15-9-5-3-6-10-15/h3-12,14,17H,13H2,1-2H3,(H,19,20)/t17-/m0/s1. The van der Waals surface area contributed by atoms with E-state index in [0.717, 1.165) is 12.0 Å². The Kier molecular flexibility index (Phi) is 5.38. The first-order valence-corrected chi connectivity index (χ1v) is 7.21. The fraction of sp³-hybridized carbons (Fsp3) is 0.278. The first-order chi connectivity index (χ1) is 10.1. The molecule has 0 saturated carbocycles. The molecule has 0 aromatic heterocycles. The van der Waals surface area contributed by atoms with Crippen LogP contribution in [0.1, 0.15) is 31.0 Å². The minimum atomic E-state index is -0.380. The number of nitrogens with one attached hydrogen (secondary N) is 1. The molecular formula is C18H21NO2. The molecule has 0 saturated heterocycles. The number of carbonyl (C=O) groups is 1. The number of hydrogen-bond donors (Lipinski definition) is 1. The van der Waals surface area contributed by atoms with Gasteiger partial charge in [-0.25, -0.2) is 4.79 Å². The predicted molar refractivity (Wildman–Crippen MR) is 84.1 cm³/mol. The van der Waals surface area contributed by atoms with Crippen LogP contribution in [0.15, 0.2) is 60.7 Å². The Hall–Kier alpha value is -2.29. The van der Waals surface area contributed by atoms with Crippen LogP contribution in [-0.4, -0.2) is 12.2 Å². The fourth-order valence-corrected chi connectivity index (χ4v) is 2.18. The zero-order chi connectivity index (χ0) is 15.1. The monoisotopic (exact) mass is 283 g/mol. The number of alkyl carbamates (subject to hydrolysis) is 1. The van der Waals surface area contributed by atoms with E-state index in [9.17, 15) is 4.79 Å². The summed E-state index contributed by atoms with van der Waals surface area (Å²) in [5.74, 6) is 0. The largest absolute Gasteiger partial charge is 0.447 e. The van der Waals surface area contributed by atoms with E-state index in [4.69, 9.17) is 4.74 Å². The minimum absolute atomic E-state index is 0.0974. The third kappa shape index (κ3) is 4.95. The summed E-state index contributed by atoms with van der Waals surface area (Å²) in [6.45, 7) is 3.68. The predicted octanol–water partition coefficient (Wildman–Crippen LogP) is 4.11. The first kappa shape index (κ1) is 15.1. The lowest BCUT2D eigenvalue weighted by Crippen LogP contribution is -2.32. The molecule has 0 heterocycles. The number of carbonyl (C=O) groups excluding carboxylic acids is 1. The minimum Gasteiger partial charge on any atom is -0.447 e. The Morgan fingerprint density at radius 3 is 2.14 bits per heavy atom. The van der Waals surface area contributed by atoms with Gasteiger partial charge in [-0.1, -0.05) is 60.7 Å². The van der Waals surface area contributed by atoms with Crippen LogP contribution in [0.5, 0.6) is 0 Å². The van der Waals surface area contributed by atoms with Gasteiger partial charge in [-0.15, -0.1) is 0 Å². The van der Waals surface area contributed by atoms with Crippen LogP contribution in [0.3, 0.4) is 0 Å². The molecule has 0 aliphatic carbocycles. The van der Waals surface area contributed by atoms with Crippen LogP contribution in [0, 0.1) is 0 Å². The van der Waals surface area contributed by atoms with Gasteiger partial charge < -0.3 is 10.1 Å². The highest BCUT2D eigenvalue weighted by Crippen LogP contribution is 2.18. The van der Waals surface area contributed by atoms with E-state index in [1.165, 1.54) is 5.56 Å². The summed E-state index contributed by atoms with van der Waals surface area (Å²) in [4.78, 5) is 11.9. The van der Waals surface area contributed by atoms with Crippen molar-refractivity contribution in [1.82, 2.24) is 5.32 Å². The molecule has 1 atom stereocenters. The second kappa shape index (κ2) is 7.48. The van der Waals surface area contributed by atoms with Crippen LogP contribution in [0.2, 0.25) is 0 Å². The Balaban J connectivity index is 2.13. The van der Waals surface area contributed by atoms with Crippen LogP contribution in [0.4, 0.5) is 4.79 Å². The van der Waals surface area contributed by atoms with Gasteiger partial charge >= 0.3 is 6.09 Å². The van der Waals surface area contributed by atoms with E-state index >= 15 is 0 Å². The summed E-state index contributed by atoms with van der Waals surface area (Å²) in [5.41, 5.74) is 2.25. The van der Waals surface area contributed by atoms with Crippen LogP contribution in [-0.2, 0) is 11.2 Å². The van der Waals surface area contributed by atoms with Crippen LogP contribution >= 0.6 is 0 Å². The maximum atomic E-state index is 11.9. The topological polar surface area (TPSA) is 38.3 Å². The lowest BCUT2D eigenvalue weighted by molar-refractivity contribution is 0.112. The molecule has 0 spiro atoms. The van der Waals surface area contributed by atoms with Crippen molar-refractivity contribution in [1.29, 1.82) is 0 Å². The van der Waals surface area contributed by atoms with Gasteiger partial charge in [-0.3, -0.25) is 0 Å². The van der Waals surface area contributed by atoms with E-state index in [1.54, 1.807) is 0 Å². The summed E-state index contributed by atoms with van der Waals surface area (Å²) in [7, 11) is 0. The molecule has 1 amide bonds. The lowest BCUT2D eigenvalue weighted by atomic mass is 9.99. The van der Waals surface area contributed by atoms with E-state index < -0.39 is 0 Å². The molecule has 2 aromatic carbocycles. The molecule has 110 valence electrons. The number of rotatable bonds is 5. The van der Waals surface area contributed by atoms with E-state index in [-0.39, 0.29) is 18.2 Å². The summed E-state index contributed by atoms with van der Waals surface area (Å²) < 4.78 is 5.19. The SMILES string of the molecule is CC(C)OC(=O)N[C@@H](Cc1ccccc1)c1ccccc1. The van der Waals surface area contributed by atoms with Gasteiger partial charge in [0.05, 0.1) is 12.1 Å². The van der Waals surface area contributed by atoms with Crippen molar-refractivity contribution in [3.8, 4) is 0 Å². The van der Waals surface area contributed by atoms with E-state index in [1.807, 2.05) is 62.4 Å². The van der Waals surface area contributed by atoms with Crippen molar-refractivity contribution < 1.29 is 9.53 Å². The third-order valence-electron chi connectivity index (χ3n) is 3.12. The number of ether oxygens (including phenoxy) is 1. The molecule has 1 N–H and O–H groups in total. The Morgan fingerprint density at radius 2 is 1.57 bits per heavy atom. The average molecular weight is 283 g/mol. The molecule has 0 aliphatic heterocycles. The van der Waals surface area contributed by atoms with Crippen molar-refractivity contribution in [3.63, 3.8) is 0 Å². The second-order valence-electron chi connectivity index (χ2n) is 5.25. The lowest BCUT2D eigenvalue weighted by Gasteiger charge is -2.20. The summed E-state index contributed by atoms with van der Waals surface area (Å²) in [6, 6.07) is 20.0. The molecule has 0 aliphatic rings. The molecule has 0 unspecified atom stereocenters. The van der Waals surface area contributed by atoms with Gasteiger partial charge in [0.2, 0.25) is 0 Å². The summed E-state index contributed by atoms with van der Waals surface area (Å²) >= 11 is 0. The van der Waals surface area contributed by atoms with Gasteiger partial charge in [0.1, 0.15) is 0 Å². The van der Waals surface area contributed by atoms with Crippen LogP contribution in [0.25, 0.3) is 0 Å². The molecule has 0 bridgehead atoms. The molecular weight excluding hydrogens is 262 g/mol. The molecule has 0 fully saturated rings. The normalized spacial score (nSPS) is 12.0. The summed E-state index contributed by atoms with van der Waals surface area (Å²) in [6.07, 6.45) is 0.228. The van der Waals surface area contributed by atoms with Gasteiger partial charge in [-0.05, 0) is 31.4 Å². The number of benzene rings is 2. The highest BCUT2D eigenvalue weighted by molar-refractivity contribution is 5.68. The zero-order valence-electron chi connectivity index (χ0n) is 12.5. The van der Waals surface area contributed by atoms with E-state index in [0.29, 0.717) is 0 Å². The van der Waals surface area contributed by atoms with Gasteiger partial charge in [0.25, 0.3) is 0 Å². The Bertz CT molecular complexity index is 552. The third-order valence-corrected chi connectivity index (χ3v) is 3.12. The van der Waals surface area contributed by atoms with Gasteiger partial charge in [0, 0.05) is 0 Å². The van der Waals surface area contributed by atoms with Crippen molar-refractivity contribution in [3.05, 3.63) is 71.8 Å².